The van der Waals surface area contributed by atoms with Crippen molar-refractivity contribution in [1.29, 1.82) is 0 Å². The molecule has 1 aliphatic heterocycles. The van der Waals surface area contributed by atoms with Gasteiger partial charge in [-0.3, -0.25) is 4.90 Å². The van der Waals surface area contributed by atoms with Crippen molar-refractivity contribution in [2.45, 2.75) is 39.3 Å². The third-order valence-electron chi connectivity index (χ3n) is 4.33. The van der Waals surface area contributed by atoms with Gasteiger partial charge in [-0.15, -0.1) is 0 Å². The number of H-pyrrole nitrogens is 1. The highest BCUT2D eigenvalue weighted by molar-refractivity contribution is 5.82. The Kier molecular flexibility index (Phi) is 4.61. The maximum Gasteiger partial charge on any atom is 0.0457 e. The molecule has 3 nitrogen and oxygen atoms in total. The van der Waals surface area contributed by atoms with Crippen molar-refractivity contribution >= 4 is 10.9 Å². The van der Waals surface area contributed by atoms with Crippen molar-refractivity contribution in [3.63, 3.8) is 0 Å². The number of benzene rings is 1. The summed E-state index contributed by atoms with van der Waals surface area (Å²) < 4.78 is 0. The molecule has 0 spiro atoms. The minimum Gasteiger partial charge on any atom is -0.361 e. The lowest BCUT2D eigenvalue weighted by Gasteiger charge is -2.27. The monoisotopic (exact) mass is 285 g/mol. The molecule has 3 rings (SSSR count). The van der Waals surface area contributed by atoms with Crippen LogP contribution >= 0.6 is 0 Å². The minimum absolute atomic E-state index is 0.675. The van der Waals surface area contributed by atoms with Crippen LogP contribution in [0.25, 0.3) is 10.9 Å². The van der Waals surface area contributed by atoms with Crippen LogP contribution in [0, 0.1) is 5.92 Å². The molecule has 1 aromatic heterocycles. The SMILES string of the molecule is CC(C)CN(Cc1c[nH]c2ccccc12)CC1CCCN1. The normalized spacial score (nSPS) is 19.1. The molecule has 1 atom stereocenters. The average Bonchev–Trinajstić information content (AvgIpc) is 3.09. The summed E-state index contributed by atoms with van der Waals surface area (Å²) in [5.41, 5.74) is 2.67. The molecule has 21 heavy (non-hydrogen) atoms. The summed E-state index contributed by atoms with van der Waals surface area (Å²) in [6, 6.07) is 9.28. The van der Waals surface area contributed by atoms with E-state index in [1.165, 1.54) is 35.9 Å². The van der Waals surface area contributed by atoms with Crippen LogP contribution < -0.4 is 5.32 Å². The second kappa shape index (κ2) is 6.63. The lowest BCUT2D eigenvalue weighted by atomic mass is 10.1. The predicted octanol–water partition coefficient (Wildman–Crippen LogP) is 3.38. The van der Waals surface area contributed by atoms with Crippen LogP contribution in [0.2, 0.25) is 0 Å². The Balaban J connectivity index is 1.73. The van der Waals surface area contributed by atoms with E-state index < -0.39 is 0 Å². The first kappa shape index (κ1) is 14.6. The lowest BCUT2D eigenvalue weighted by molar-refractivity contribution is 0.217. The molecule has 1 aliphatic rings. The average molecular weight is 285 g/mol. The molecule has 0 aliphatic carbocycles. The van der Waals surface area contributed by atoms with Gasteiger partial charge in [0.2, 0.25) is 0 Å². The first-order valence-corrected chi connectivity index (χ1v) is 8.23. The van der Waals surface area contributed by atoms with Crippen LogP contribution in [-0.2, 0) is 6.54 Å². The van der Waals surface area contributed by atoms with Crippen LogP contribution in [0.5, 0.6) is 0 Å². The third kappa shape index (κ3) is 3.66. The topological polar surface area (TPSA) is 31.1 Å². The van der Waals surface area contributed by atoms with Gasteiger partial charge in [0.1, 0.15) is 0 Å². The molecule has 0 radical (unpaired) electrons. The molecule has 2 N–H and O–H groups in total. The molecular formula is C18H27N3. The van der Waals surface area contributed by atoms with E-state index in [2.05, 4.69) is 59.5 Å². The number of fused-ring (bicyclic) bond motifs is 1. The number of nitrogens with one attached hydrogen (secondary N) is 2. The van der Waals surface area contributed by atoms with Gasteiger partial charge in [0.15, 0.2) is 0 Å². The molecule has 0 amide bonds. The second-order valence-electron chi connectivity index (χ2n) is 6.74. The van der Waals surface area contributed by atoms with Crippen molar-refractivity contribution in [3.05, 3.63) is 36.0 Å². The molecule has 3 heteroatoms. The molecular weight excluding hydrogens is 258 g/mol. The lowest BCUT2D eigenvalue weighted by Crippen LogP contribution is -2.38. The van der Waals surface area contributed by atoms with Gasteiger partial charge in [-0.05, 0) is 36.9 Å². The van der Waals surface area contributed by atoms with Gasteiger partial charge >= 0.3 is 0 Å². The standard InChI is InChI=1S/C18H27N3/c1-14(2)11-21(13-16-6-5-9-19-16)12-15-10-20-18-8-4-3-7-17(15)18/h3-4,7-8,10,14,16,19-20H,5-6,9,11-13H2,1-2H3. The Morgan fingerprint density at radius 2 is 2.14 bits per heavy atom. The molecule has 1 unspecified atom stereocenters. The molecule has 1 fully saturated rings. The third-order valence-corrected chi connectivity index (χ3v) is 4.33. The molecule has 0 bridgehead atoms. The largest absolute Gasteiger partial charge is 0.361 e. The van der Waals surface area contributed by atoms with Gasteiger partial charge in [-0.25, -0.2) is 0 Å². The quantitative estimate of drug-likeness (QED) is 0.852. The zero-order chi connectivity index (χ0) is 14.7. The number of nitrogens with zero attached hydrogens (tertiary/aromatic N) is 1. The van der Waals surface area contributed by atoms with E-state index in [1.54, 1.807) is 0 Å². The fourth-order valence-corrected chi connectivity index (χ4v) is 3.45. The molecule has 0 saturated carbocycles. The maximum absolute atomic E-state index is 3.63. The summed E-state index contributed by atoms with van der Waals surface area (Å²) in [5, 5.41) is 4.99. The molecule has 1 saturated heterocycles. The predicted molar refractivity (Wildman–Crippen MR) is 89.4 cm³/mol. The van der Waals surface area contributed by atoms with Gasteiger partial charge in [-0.1, -0.05) is 32.0 Å². The smallest absolute Gasteiger partial charge is 0.0457 e. The van der Waals surface area contributed by atoms with Crippen molar-refractivity contribution in [2.75, 3.05) is 19.6 Å². The summed E-state index contributed by atoms with van der Waals surface area (Å²) in [7, 11) is 0. The second-order valence-corrected chi connectivity index (χ2v) is 6.74. The van der Waals surface area contributed by atoms with Crippen molar-refractivity contribution in [2.24, 2.45) is 5.92 Å². The van der Waals surface area contributed by atoms with Gasteiger partial charge in [0.25, 0.3) is 0 Å². The Hall–Kier alpha value is -1.32. The summed E-state index contributed by atoms with van der Waals surface area (Å²) in [5.74, 6) is 0.705. The minimum atomic E-state index is 0.675. The number of para-hydroxylation sites is 1. The van der Waals surface area contributed by atoms with E-state index in [4.69, 9.17) is 0 Å². The van der Waals surface area contributed by atoms with Crippen LogP contribution in [0.3, 0.4) is 0 Å². The van der Waals surface area contributed by atoms with Gasteiger partial charge in [0, 0.05) is 42.8 Å². The fourth-order valence-electron chi connectivity index (χ4n) is 3.45. The number of rotatable bonds is 6. The number of aromatic nitrogens is 1. The van der Waals surface area contributed by atoms with E-state index in [-0.39, 0.29) is 0 Å². The van der Waals surface area contributed by atoms with Crippen LogP contribution in [0.15, 0.2) is 30.5 Å². The summed E-state index contributed by atoms with van der Waals surface area (Å²) in [6.07, 6.45) is 4.83. The number of hydrogen-bond donors (Lipinski definition) is 2. The zero-order valence-electron chi connectivity index (χ0n) is 13.2. The highest BCUT2D eigenvalue weighted by atomic mass is 15.2. The summed E-state index contributed by atoms with van der Waals surface area (Å²) >= 11 is 0. The summed E-state index contributed by atoms with van der Waals surface area (Å²) in [6.45, 7) is 9.18. The zero-order valence-corrected chi connectivity index (χ0v) is 13.2. The Labute approximate surface area is 127 Å². The van der Waals surface area contributed by atoms with E-state index in [0.29, 0.717) is 12.0 Å². The highest BCUT2D eigenvalue weighted by Gasteiger charge is 2.19. The molecule has 114 valence electrons. The fraction of sp³-hybridized carbons (Fsp3) is 0.556. The Morgan fingerprint density at radius 3 is 2.90 bits per heavy atom. The first-order chi connectivity index (χ1) is 10.2. The number of aromatic amines is 1. The Morgan fingerprint density at radius 1 is 1.29 bits per heavy atom. The summed E-state index contributed by atoms with van der Waals surface area (Å²) in [4.78, 5) is 6.01. The van der Waals surface area contributed by atoms with E-state index >= 15 is 0 Å². The first-order valence-electron chi connectivity index (χ1n) is 8.23. The molecule has 2 heterocycles. The van der Waals surface area contributed by atoms with Crippen molar-refractivity contribution < 1.29 is 0 Å². The van der Waals surface area contributed by atoms with E-state index in [9.17, 15) is 0 Å². The Bertz CT molecular complexity index is 567. The molecule has 2 aromatic rings. The van der Waals surface area contributed by atoms with E-state index in [0.717, 1.165) is 19.6 Å². The van der Waals surface area contributed by atoms with E-state index in [1.807, 2.05) is 0 Å². The van der Waals surface area contributed by atoms with Crippen LogP contribution in [0.1, 0.15) is 32.3 Å². The van der Waals surface area contributed by atoms with Gasteiger partial charge in [0.05, 0.1) is 0 Å². The van der Waals surface area contributed by atoms with Crippen LogP contribution in [0.4, 0.5) is 0 Å². The van der Waals surface area contributed by atoms with Gasteiger partial charge in [-0.2, -0.15) is 0 Å². The molecule has 1 aromatic carbocycles. The number of hydrogen-bond acceptors (Lipinski definition) is 2. The maximum atomic E-state index is 3.63. The van der Waals surface area contributed by atoms with Crippen LogP contribution in [-0.4, -0.2) is 35.6 Å². The van der Waals surface area contributed by atoms with Crippen molar-refractivity contribution in [1.82, 2.24) is 15.2 Å². The van der Waals surface area contributed by atoms with Gasteiger partial charge < -0.3 is 10.3 Å². The highest BCUT2D eigenvalue weighted by Crippen LogP contribution is 2.20. The van der Waals surface area contributed by atoms with Crippen molar-refractivity contribution in [3.8, 4) is 0 Å².